The summed E-state index contributed by atoms with van der Waals surface area (Å²) in [6, 6.07) is 48.0. The third kappa shape index (κ3) is 3.73. The first-order valence-corrected chi connectivity index (χ1v) is 16.7. The Morgan fingerprint density at radius 1 is 0.460 bits per heavy atom. The molecule has 0 aliphatic rings. The summed E-state index contributed by atoms with van der Waals surface area (Å²) in [5, 5.41) is 7.21. The molecule has 0 N–H and O–H groups in total. The normalized spacial score (nSPS) is 12.0. The molecule has 0 saturated carbocycles. The van der Waals surface area contributed by atoms with Gasteiger partial charge in [0.2, 0.25) is 5.95 Å². The lowest BCUT2D eigenvalue weighted by Gasteiger charge is -2.14. The van der Waals surface area contributed by atoms with Crippen molar-refractivity contribution < 1.29 is 4.42 Å². The Morgan fingerprint density at radius 2 is 1.16 bits per heavy atom. The number of aromatic nitrogens is 5. The quantitative estimate of drug-likeness (QED) is 0.180. The van der Waals surface area contributed by atoms with E-state index in [-0.39, 0.29) is 0 Å². The molecular formula is C44H25N5O. The van der Waals surface area contributed by atoms with Crippen LogP contribution in [-0.2, 0) is 0 Å². The SMILES string of the molecule is c1ccc(-c2ccnc3c2ccc2c(-c4ccccc4)nc(-n4c5ccccc5c5c6cccnc6c6oc7ccccc7c6c54)nc23)cc1. The first-order chi connectivity index (χ1) is 24.8. The number of hydrogen-bond acceptors (Lipinski definition) is 5. The van der Waals surface area contributed by atoms with Gasteiger partial charge in [-0.15, -0.1) is 0 Å². The van der Waals surface area contributed by atoms with Crippen molar-refractivity contribution in [3.8, 4) is 28.3 Å². The van der Waals surface area contributed by atoms with Gasteiger partial charge in [-0.25, -0.2) is 9.97 Å². The molecule has 232 valence electrons. The van der Waals surface area contributed by atoms with Gasteiger partial charge in [-0.1, -0.05) is 109 Å². The van der Waals surface area contributed by atoms with Gasteiger partial charge in [0.25, 0.3) is 0 Å². The van der Waals surface area contributed by atoms with E-state index in [1.165, 1.54) is 0 Å². The van der Waals surface area contributed by atoms with Gasteiger partial charge in [0, 0.05) is 50.3 Å². The fourth-order valence-corrected chi connectivity index (χ4v) is 7.77. The second kappa shape index (κ2) is 10.3. The van der Waals surface area contributed by atoms with E-state index in [2.05, 4.69) is 114 Å². The molecule has 0 atom stereocenters. The minimum absolute atomic E-state index is 0.566. The van der Waals surface area contributed by atoms with E-state index >= 15 is 0 Å². The maximum atomic E-state index is 6.61. The van der Waals surface area contributed by atoms with Crippen LogP contribution in [0.5, 0.6) is 0 Å². The molecular weight excluding hydrogens is 615 g/mol. The van der Waals surface area contributed by atoms with Crippen molar-refractivity contribution in [1.82, 2.24) is 24.5 Å². The molecule has 0 radical (unpaired) electrons. The Morgan fingerprint density at radius 3 is 2.02 bits per heavy atom. The molecule has 0 saturated heterocycles. The molecule has 11 aromatic rings. The summed E-state index contributed by atoms with van der Waals surface area (Å²) in [4.78, 5) is 20.7. The van der Waals surface area contributed by atoms with Crippen LogP contribution in [0, 0.1) is 0 Å². The fourth-order valence-electron chi connectivity index (χ4n) is 7.77. The first-order valence-electron chi connectivity index (χ1n) is 16.7. The number of pyridine rings is 2. The molecule has 0 fully saturated rings. The summed E-state index contributed by atoms with van der Waals surface area (Å²) >= 11 is 0. The van der Waals surface area contributed by atoms with E-state index in [9.17, 15) is 0 Å². The summed E-state index contributed by atoms with van der Waals surface area (Å²) in [5.41, 5.74) is 10.1. The zero-order chi connectivity index (χ0) is 32.8. The molecule has 0 aliphatic carbocycles. The number of hydrogen-bond donors (Lipinski definition) is 0. The van der Waals surface area contributed by atoms with E-state index in [4.69, 9.17) is 24.4 Å². The second-order valence-corrected chi connectivity index (χ2v) is 12.6. The van der Waals surface area contributed by atoms with E-state index < -0.39 is 0 Å². The van der Waals surface area contributed by atoms with Crippen molar-refractivity contribution in [2.75, 3.05) is 0 Å². The smallest absolute Gasteiger partial charge is 0.235 e. The van der Waals surface area contributed by atoms with Crippen LogP contribution in [0.2, 0.25) is 0 Å². The van der Waals surface area contributed by atoms with Crippen molar-refractivity contribution in [2.24, 2.45) is 0 Å². The van der Waals surface area contributed by atoms with Crippen molar-refractivity contribution in [1.29, 1.82) is 0 Å². The number of furan rings is 1. The van der Waals surface area contributed by atoms with Gasteiger partial charge in [-0.3, -0.25) is 14.5 Å². The Balaban J connectivity index is 1.36. The second-order valence-electron chi connectivity index (χ2n) is 12.6. The molecule has 0 amide bonds. The van der Waals surface area contributed by atoms with Gasteiger partial charge in [0.05, 0.1) is 27.6 Å². The maximum absolute atomic E-state index is 6.61. The summed E-state index contributed by atoms with van der Waals surface area (Å²) in [6.45, 7) is 0. The largest absolute Gasteiger partial charge is 0.454 e. The number of benzene rings is 6. The van der Waals surface area contributed by atoms with Crippen LogP contribution >= 0.6 is 0 Å². The Labute approximate surface area is 284 Å². The standard InChI is InChI=1S/C44H25N5O/c1-3-12-26(13-4-1)28-23-25-46-39-29(28)21-22-33-38(27-14-5-2-6-15-27)47-44(48-40(33)39)49-34-19-9-7-16-30(34)36-32-18-11-24-45-41(32)43-37(42(36)49)31-17-8-10-20-35(31)50-43/h1-25H. The summed E-state index contributed by atoms with van der Waals surface area (Å²) in [5.74, 6) is 0.566. The fraction of sp³-hybridized carbons (Fsp3) is 0. The molecule has 50 heavy (non-hydrogen) atoms. The Kier molecular flexibility index (Phi) is 5.57. The highest BCUT2D eigenvalue weighted by Gasteiger charge is 2.25. The summed E-state index contributed by atoms with van der Waals surface area (Å²) in [7, 11) is 0. The molecule has 5 aromatic heterocycles. The van der Waals surface area contributed by atoms with Crippen LogP contribution in [0.15, 0.2) is 156 Å². The van der Waals surface area contributed by atoms with Crippen molar-refractivity contribution in [3.05, 3.63) is 152 Å². The number of nitrogens with zero attached hydrogens (tertiary/aromatic N) is 5. The topological polar surface area (TPSA) is 69.6 Å². The zero-order valence-corrected chi connectivity index (χ0v) is 26.6. The average Bonchev–Trinajstić information content (AvgIpc) is 3.75. The molecule has 6 heteroatoms. The predicted molar refractivity (Wildman–Crippen MR) is 203 cm³/mol. The van der Waals surface area contributed by atoms with Crippen LogP contribution in [-0.4, -0.2) is 24.5 Å². The summed E-state index contributed by atoms with van der Waals surface area (Å²) < 4.78 is 8.83. The van der Waals surface area contributed by atoms with E-state index in [0.717, 1.165) is 98.8 Å². The van der Waals surface area contributed by atoms with Gasteiger partial charge in [0.15, 0.2) is 5.58 Å². The first kappa shape index (κ1) is 27.1. The lowest BCUT2D eigenvalue weighted by molar-refractivity contribution is 0.672. The molecule has 6 aromatic carbocycles. The maximum Gasteiger partial charge on any atom is 0.235 e. The molecule has 0 unspecified atom stereocenters. The molecule has 0 bridgehead atoms. The highest BCUT2D eigenvalue weighted by Crippen LogP contribution is 2.45. The van der Waals surface area contributed by atoms with Crippen LogP contribution in [0.1, 0.15) is 0 Å². The molecule has 0 aliphatic heterocycles. The number of para-hydroxylation sites is 2. The predicted octanol–water partition coefficient (Wildman–Crippen LogP) is 11.1. The Hall–Kier alpha value is -6.92. The Bertz CT molecular complexity index is 3150. The van der Waals surface area contributed by atoms with Crippen molar-refractivity contribution in [3.63, 3.8) is 0 Å². The van der Waals surface area contributed by atoms with Crippen LogP contribution in [0.25, 0.3) is 105 Å². The van der Waals surface area contributed by atoms with Gasteiger partial charge >= 0.3 is 0 Å². The van der Waals surface area contributed by atoms with E-state index in [1.54, 1.807) is 0 Å². The van der Waals surface area contributed by atoms with Crippen molar-refractivity contribution >= 4 is 76.5 Å². The molecule has 6 nitrogen and oxygen atoms in total. The zero-order valence-electron chi connectivity index (χ0n) is 26.6. The third-order valence-electron chi connectivity index (χ3n) is 9.90. The van der Waals surface area contributed by atoms with Crippen LogP contribution < -0.4 is 0 Å². The lowest BCUT2D eigenvalue weighted by atomic mass is 9.98. The highest BCUT2D eigenvalue weighted by molar-refractivity contribution is 6.34. The lowest BCUT2D eigenvalue weighted by Crippen LogP contribution is -2.04. The van der Waals surface area contributed by atoms with E-state index in [0.29, 0.717) is 5.95 Å². The van der Waals surface area contributed by atoms with Crippen LogP contribution in [0.4, 0.5) is 0 Å². The van der Waals surface area contributed by atoms with Gasteiger partial charge < -0.3 is 4.42 Å². The third-order valence-corrected chi connectivity index (χ3v) is 9.90. The minimum atomic E-state index is 0.566. The van der Waals surface area contributed by atoms with Gasteiger partial charge in [-0.2, -0.15) is 0 Å². The van der Waals surface area contributed by atoms with Gasteiger partial charge in [0.1, 0.15) is 16.6 Å². The number of rotatable bonds is 3. The monoisotopic (exact) mass is 639 g/mol. The summed E-state index contributed by atoms with van der Waals surface area (Å²) in [6.07, 6.45) is 3.72. The molecule has 0 spiro atoms. The molecule has 11 rings (SSSR count). The van der Waals surface area contributed by atoms with Gasteiger partial charge in [-0.05, 0) is 41.5 Å². The van der Waals surface area contributed by atoms with Crippen molar-refractivity contribution in [2.45, 2.75) is 0 Å². The minimum Gasteiger partial charge on any atom is -0.454 e. The van der Waals surface area contributed by atoms with Crippen LogP contribution in [0.3, 0.4) is 0 Å². The highest BCUT2D eigenvalue weighted by atomic mass is 16.3. The van der Waals surface area contributed by atoms with E-state index in [1.807, 2.05) is 42.7 Å². The average molecular weight is 640 g/mol. The number of fused-ring (bicyclic) bond motifs is 13. The molecule has 5 heterocycles.